The maximum Gasteiger partial charge on any atom is 0.246 e. The number of rotatable bonds is 5. The molecule has 3 aromatic rings. The van der Waals surface area contributed by atoms with Crippen molar-refractivity contribution in [2.24, 2.45) is 7.05 Å². The first-order valence-corrected chi connectivity index (χ1v) is 11.5. The highest BCUT2D eigenvalue weighted by Crippen LogP contribution is 2.31. The first-order chi connectivity index (χ1) is 14.4. The van der Waals surface area contributed by atoms with Crippen LogP contribution in [0.25, 0.3) is 11.3 Å². The molecule has 1 atom stereocenters. The van der Waals surface area contributed by atoms with Gasteiger partial charge in [0.15, 0.2) is 0 Å². The molecule has 0 saturated carbocycles. The zero-order chi connectivity index (χ0) is 21.3. The van der Waals surface area contributed by atoms with Gasteiger partial charge in [-0.05, 0) is 37.5 Å². The second-order valence-electron chi connectivity index (χ2n) is 7.76. The third-order valence-corrected chi connectivity index (χ3v) is 7.56. The van der Waals surface area contributed by atoms with Crippen molar-refractivity contribution in [1.29, 1.82) is 0 Å². The molecule has 0 amide bonds. The van der Waals surface area contributed by atoms with Gasteiger partial charge in [0.1, 0.15) is 4.90 Å². The highest BCUT2D eigenvalue weighted by Gasteiger charge is 2.33. The lowest BCUT2D eigenvalue weighted by Crippen LogP contribution is -2.39. The van der Waals surface area contributed by atoms with Crippen molar-refractivity contribution in [3.05, 3.63) is 65.6 Å². The Bertz CT molecular complexity index is 1140. The van der Waals surface area contributed by atoms with Crippen LogP contribution in [0.15, 0.2) is 53.6 Å². The largest absolute Gasteiger partial charge is 0.392 e. The van der Waals surface area contributed by atoms with E-state index in [0.717, 1.165) is 35.4 Å². The van der Waals surface area contributed by atoms with Crippen molar-refractivity contribution < 1.29 is 13.5 Å². The number of aromatic nitrogens is 3. The molecule has 1 aliphatic heterocycles. The molecule has 1 saturated heterocycles. The van der Waals surface area contributed by atoms with Gasteiger partial charge < -0.3 is 5.11 Å². The third kappa shape index (κ3) is 4.03. The number of piperidine rings is 1. The lowest BCUT2D eigenvalue weighted by atomic mass is 9.95. The summed E-state index contributed by atoms with van der Waals surface area (Å²) in [5.41, 5.74) is 4.10. The van der Waals surface area contributed by atoms with Gasteiger partial charge in [-0.2, -0.15) is 9.40 Å². The average Bonchev–Trinajstić information content (AvgIpc) is 3.13. The number of pyridine rings is 1. The van der Waals surface area contributed by atoms with E-state index in [1.165, 1.54) is 4.68 Å². The number of sulfonamides is 1. The first-order valence-electron chi connectivity index (χ1n) is 10.1. The Labute approximate surface area is 177 Å². The first kappa shape index (κ1) is 20.7. The molecule has 8 heteroatoms. The smallest absolute Gasteiger partial charge is 0.246 e. The average molecular weight is 427 g/mol. The molecular formula is C22H26N4O3S. The Morgan fingerprint density at radius 1 is 1.17 bits per heavy atom. The summed E-state index contributed by atoms with van der Waals surface area (Å²) in [5, 5.41) is 13.4. The van der Waals surface area contributed by atoms with Gasteiger partial charge in [0, 0.05) is 43.5 Å². The van der Waals surface area contributed by atoms with Crippen LogP contribution in [-0.2, 0) is 23.7 Å². The molecule has 1 fully saturated rings. The lowest BCUT2D eigenvalue weighted by Gasteiger charge is -2.31. The van der Waals surface area contributed by atoms with E-state index in [4.69, 9.17) is 4.98 Å². The fourth-order valence-electron chi connectivity index (χ4n) is 3.99. The summed E-state index contributed by atoms with van der Waals surface area (Å²) in [5.74, 6) is 0.0437. The lowest BCUT2D eigenvalue weighted by molar-refractivity contribution is 0.282. The number of benzene rings is 1. The zero-order valence-electron chi connectivity index (χ0n) is 17.2. The molecule has 158 valence electrons. The van der Waals surface area contributed by atoms with Crippen LogP contribution >= 0.6 is 0 Å². The third-order valence-electron chi connectivity index (χ3n) is 5.59. The van der Waals surface area contributed by atoms with Crippen LogP contribution in [0, 0.1) is 6.92 Å². The number of hydrogen-bond donors (Lipinski definition) is 1. The summed E-state index contributed by atoms with van der Waals surface area (Å²) in [6.45, 7) is 2.66. The normalized spacial score (nSPS) is 17.9. The van der Waals surface area contributed by atoms with Crippen LogP contribution in [0.1, 0.15) is 35.7 Å². The Balaban J connectivity index is 1.58. The van der Waals surface area contributed by atoms with Gasteiger partial charge in [0.2, 0.25) is 10.0 Å². The fourth-order valence-corrected chi connectivity index (χ4v) is 5.72. The van der Waals surface area contributed by atoms with E-state index < -0.39 is 10.0 Å². The van der Waals surface area contributed by atoms with Crippen LogP contribution in [0.4, 0.5) is 0 Å². The minimum absolute atomic E-state index is 0.0105. The second-order valence-corrected chi connectivity index (χ2v) is 9.66. The molecule has 30 heavy (non-hydrogen) atoms. The number of nitrogens with zero attached hydrogens (tertiary/aromatic N) is 4. The highest BCUT2D eigenvalue weighted by molar-refractivity contribution is 7.89. The number of aliphatic hydroxyl groups is 1. The van der Waals surface area contributed by atoms with Gasteiger partial charge in [-0.15, -0.1) is 0 Å². The summed E-state index contributed by atoms with van der Waals surface area (Å²) < 4.78 is 29.5. The predicted octanol–water partition coefficient (Wildman–Crippen LogP) is 2.85. The van der Waals surface area contributed by atoms with Gasteiger partial charge in [-0.25, -0.2) is 8.42 Å². The monoisotopic (exact) mass is 426 g/mol. The van der Waals surface area contributed by atoms with Crippen molar-refractivity contribution >= 4 is 10.0 Å². The van der Waals surface area contributed by atoms with Gasteiger partial charge in [0.25, 0.3) is 0 Å². The molecule has 1 N–H and O–H groups in total. The Kier molecular flexibility index (Phi) is 5.73. The summed E-state index contributed by atoms with van der Waals surface area (Å²) >= 11 is 0. The van der Waals surface area contributed by atoms with Crippen molar-refractivity contribution in [2.45, 2.75) is 37.2 Å². The topological polar surface area (TPSA) is 88.3 Å². The summed E-state index contributed by atoms with van der Waals surface area (Å²) in [4.78, 5) is 5.11. The molecule has 0 aliphatic carbocycles. The summed E-state index contributed by atoms with van der Waals surface area (Å²) in [7, 11) is -1.85. The molecule has 4 rings (SSSR count). The van der Waals surface area contributed by atoms with Gasteiger partial charge in [-0.1, -0.05) is 30.3 Å². The fraction of sp³-hybridized carbons (Fsp3) is 0.364. The SMILES string of the molecule is Cc1nn(C)cc1S(=O)(=O)N1CCCC(c2cccc(-c3ccc(CO)cc3)n2)C1. The maximum absolute atomic E-state index is 13.2. The Hall–Kier alpha value is -2.55. The number of aliphatic hydroxyl groups excluding tert-OH is 1. The van der Waals surface area contributed by atoms with Crippen molar-refractivity contribution in [3.8, 4) is 11.3 Å². The van der Waals surface area contributed by atoms with Crippen molar-refractivity contribution in [1.82, 2.24) is 19.1 Å². The number of aryl methyl sites for hydroxylation is 2. The van der Waals surface area contributed by atoms with E-state index in [1.54, 1.807) is 24.5 Å². The van der Waals surface area contributed by atoms with E-state index in [-0.39, 0.29) is 17.4 Å². The van der Waals surface area contributed by atoms with Crippen LogP contribution in [-0.4, -0.2) is 45.7 Å². The quantitative estimate of drug-likeness (QED) is 0.678. The molecular weight excluding hydrogens is 400 g/mol. The molecule has 2 aromatic heterocycles. The molecule has 1 aromatic carbocycles. The molecule has 3 heterocycles. The molecule has 7 nitrogen and oxygen atoms in total. The van der Waals surface area contributed by atoms with E-state index in [1.807, 2.05) is 42.5 Å². The maximum atomic E-state index is 13.2. The van der Waals surface area contributed by atoms with Crippen LogP contribution < -0.4 is 0 Å². The van der Waals surface area contributed by atoms with E-state index in [9.17, 15) is 13.5 Å². The standard InChI is InChI=1S/C22H26N4O3S/c1-16-22(14-25(2)24-16)30(28,29)26-12-4-5-19(13-26)21-7-3-6-20(23-21)18-10-8-17(15-27)9-11-18/h3,6-11,14,19,27H,4-5,12-13,15H2,1-2H3. The molecule has 1 unspecified atom stereocenters. The van der Waals surface area contributed by atoms with E-state index in [2.05, 4.69) is 5.10 Å². The predicted molar refractivity (Wildman–Crippen MR) is 114 cm³/mol. The minimum atomic E-state index is -3.58. The minimum Gasteiger partial charge on any atom is -0.392 e. The second kappa shape index (κ2) is 8.29. The van der Waals surface area contributed by atoms with Gasteiger partial charge >= 0.3 is 0 Å². The van der Waals surface area contributed by atoms with Crippen LogP contribution in [0.5, 0.6) is 0 Å². The number of hydrogen-bond acceptors (Lipinski definition) is 5. The molecule has 0 bridgehead atoms. The molecule has 1 aliphatic rings. The Morgan fingerprint density at radius 3 is 2.60 bits per heavy atom. The van der Waals surface area contributed by atoms with Crippen LogP contribution in [0.3, 0.4) is 0 Å². The summed E-state index contributed by atoms with van der Waals surface area (Å²) in [6, 6.07) is 13.6. The molecule has 0 spiro atoms. The van der Waals surface area contributed by atoms with Gasteiger partial charge in [-0.3, -0.25) is 9.67 Å². The zero-order valence-corrected chi connectivity index (χ0v) is 18.0. The van der Waals surface area contributed by atoms with E-state index in [0.29, 0.717) is 18.8 Å². The summed E-state index contributed by atoms with van der Waals surface area (Å²) in [6.07, 6.45) is 3.27. The van der Waals surface area contributed by atoms with Crippen LogP contribution in [0.2, 0.25) is 0 Å². The van der Waals surface area contributed by atoms with Crippen molar-refractivity contribution in [2.75, 3.05) is 13.1 Å². The molecule has 0 radical (unpaired) electrons. The highest BCUT2D eigenvalue weighted by atomic mass is 32.2. The van der Waals surface area contributed by atoms with E-state index >= 15 is 0 Å². The van der Waals surface area contributed by atoms with Crippen molar-refractivity contribution in [3.63, 3.8) is 0 Å². The Morgan fingerprint density at radius 2 is 1.93 bits per heavy atom. The van der Waals surface area contributed by atoms with Gasteiger partial charge in [0.05, 0.1) is 18.0 Å².